The molecule has 3 N–H and O–H groups in total. The van der Waals surface area contributed by atoms with Crippen molar-refractivity contribution in [3.63, 3.8) is 0 Å². The summed E-state index contributed by atoms with van der Waals surface area (Å²) < 4.78 is 0. The Balaban J connectivity index is 2.22. The highest BCUT2D eigenvalue weighted by atomic mass is 35.5. The molecule has 2 aromatic carbocycles. The maximum atomic E-state index is 6.07. The molecule has 0 fully saturated rings. The average Bonchev–Trinajstić information content (AvgIpc) is 2.80. The number of hydrogen-bond donors (Lipinski definition) is 2. The van der Waals surface area contributed by atoms with Crippen LogP contribution >= 0.6 is 11.6 Å². The van der Waals surface area contributed by atoms with Crippen molar-refractivity contribution in [3.8, 4) is 22.4 Å². The van der Waals surface area contributed by atoms with Crippen molar-refractivity contribution in [2.45, 2.75) is 13.8 Å². The molecule has 4 heteroatoms. The summed E-state index contributed by atoms with van der Waals surface area (Å²) in [5, 5.41) is 7.96. The van der Waals surface area contributed by atoms with E-state index in [4.69, 9.17) is 17.3 Å². The van der Waals surface area contributed by atoms with Crippen LogP contribution in [0.5, 0.6) is 0 Å². The van der Waals surface area contributed by atoms with E-state index < -0.39 is 0 Å². The lowest BCUT2D eigenvalue weighted by Crippen LogP contribution is -1.90. The summed E-state index contributed by atoms with van der Waals surface area (Å²) in [5.74, 6) is 0.505. The van der Waals surface area contributed by atoms with Gasteiger partial charge >= 0.3 is 0 Å². The number of H-pyrrole nitrogens is 1. The Morgan fingerprint density at radius 3 is 2.62 bits per heavy atom. The van der Waals surface area contributed by atoms with Gasteiger partial charge in [0.25, 0.3) is 0 Å². The first kappa shape index (κ1) is 13.7. The van der Waals surface area contributed by atoms with Crippen LogP contribution < -0.4 is 5.73 Å². The average molecular weight is 298 g/mol. The van der Waals surface area contributed by atoms with Gasteiger partial charge in [-0.2, -0.15) is 5.10 Å². The standard InChI is InChI=1S/C17H16ClN3/c1-10-4-3-5-12(8-10)15-16(20-21-17(15)19)14-7-6-13(18)9-11(14)2/h3-9H,1-2H3,(H3,19,20,21). The molecule has 0 aliphatic carbocycles. The molecular weight excluding hydrogens is 282 g/mol. The fourth-order valence-electron chi connectivity index (χ4n) is 2.55. The van der Waals surface area contributed by atoms with Gasteiger partial charge in [-0.15, -0.1) is 0 Å². The highest BCUT2D eigenvalue weighted by Crippen LogP contribution is 2.36. The molecule has 1 heterocycles. The zero-order valence-electron chi connectivity index (χ0n) is 11.9. The first-order valence-corrected chi connectivity index (χ1v) is 7.11. The summed E-state index contributed by atoms with van der Waals surface area (Å²) in [6, 6.07) is 14.0. The molecule has 3 nitrogen and oxygen atoms in total. The zero-order chi connectivity index (χ0) is 15.0. The van der Waals surface area contributed by atoms with Crippen LogP contribution in [-0.2, 0) is 0 Å². The Hall–Kier alpha value is -2.26. The molecule has 0 unspecified atom stereocenters. The lowest BCUT2D eigenvalue weighted by Gasteiger charge is -2.08. The number of nitrogen functional groups attached to an aromatic ring is 1. The van der Waals surface area contributed by atoms with Crippen molar-refractivity contribution in [2.24, 2.45) is 0 Å². The van der Waals surface area contributed by atoms with Gasteiger partial charge in [-0.25, -0.2) is 0 Å². The predicted molar refractivity (Wildman–Crippen MR) is 88.4 cm³/mol. The molecule has 0 atom stereocenters. The number of aromatic amines is 1. The molecule has 0 amide bonds. The Morgan fingerprint density at radius 1 is 1.10 bits per heavy atom. The highest BCUT2D eigenvalue weighted by Gasteiger charge is 2.16. The van der Waals surface area contributed by atoms with Crippen molar-refractivity contribution in [1.82, 2.24) is 10.2 Å². The highest BCUT2D eigenvalue weighted by molar-refractivity contribution is 6.30. The normalized spacial score (nSPS) is 10.8. The molecule has 0 radical (unpaired) electrons. The summed E-state index contributed by atoms with van der Waals surface area (Å²) in [7, 11) is 0. The lowest BCUT2D eigenvalue weighted by atomic mass is 9.97. The molecule has 0 saturated heterocycles. The van der Waals surface area contributed by atoms with Gasteiger partial charge in [0.15, 0.2) is 5.82 Å². The van der Waals surface area contributed by atoms with Crippen molar-refractivity contribution in [1.29, 1.82) is 0 Å². The van der Waals surface area contributed by atoms with E-state index in [0.29, 0.717) is 5.82 Å². The summed E-state index contributed by atoms with van der Waals surface area (Å²) in [4.78, 5) is 0. The third-order valence-corrected chi connectivity index (χ3v) is 3.79. The number of benzene rings is 2. The number of nitrogens with two attached hydrogens (primary N) is 1. The third-order valence-electron chi connectivity index (χ3n) is 3.56. The molecule has 0 bridgehead atoms. The van der Waals surface area contributed by atoms with Gasteiger partial charge in [-0.05, 0) is 37.1 Å². The number of hydrogen-bond acceptors (Lipinski definition) is 2. The van der Waals surface area contributed by atoms with Gasteiger partial charge in [0.1, 0.15) is 0 Å². The molecule has 3 aromatic rings. The van der Waals surface area contributed by atoms with E-state index in [1.54, 1.807) is 0 Å². The van der Waals surface area contributed by atoms with E-state index in [0.717, 1.165) is 33.0 Å². The Bertz CT molecular complexity index is 806. The number of nitrogens with one attached hydrogen (secondary N) is 1. The second kappa shape index (κ2) is 5.26. The Labute approximate surface area is 128 Å². The minimum atomic E-state index is 0.505. The van der Waals surface area contributed by atoms with Crippen molar-refractivity contribution in [3.05, 3.63) is 58.6 Å². The van der Waals surface area contributed by atoms with Crippen molar-refractivity contribution >= 4 is 17.4 Å². The van der Waals surface area contributed by atoms with Gasteiger partial charge in [-0.3, -0.25) is 5.10 Å². The molecule has 0 aliphatic rings. The van der Waals surface area contributed by atoms with Crippen molar-refractivity contribution < 1.29 is 0 Å². The van der Waals surface area contributed by atoms with E-state index in [1.165, 1.54) is 5.56 Å². The predicted octanol–water partition coefficient (Wildman–Crippen LogP) is 4.60. The van der Waals surface area contributed by atoms with Gasteiger partial charge in [0.2, 0.25) is 0 Å². The second-order valence-corrected chi connectivity index (χ2v) is 5.62. The van der Waals surface area contributed by atoms with E-state index in [2.05, 4.69) is 29.3 Å². The van der Waals surface area contributed by atoms with Gasteiger partial charge < -0.3 is 5.73 Å². The molecule has 0 spiro atoms. The van der Waals surface area contributed by atoms with Crippen LogP contribution in [0.1, 0.15) is 11.1 Å². The van der Waals surface area contributed by atoms with Crippen LogP contribution in [0.3, 0.4) is 0 Å². The van der Waals surface area contributed by atoms with Crippen LogP contribution in [0.2, 0.25) is 5.02 Å². The maximum Gasteiger partial charge on any atom is 0.153 e. The van der Waals surface area contributed by atoms with Crippen molar-refractivity contribution in [2.75, 3.05) is 5.73 Å². The number of aryl methyl sites for hydroxylation is 2. The molecule has 1 aromatic heterocycles. The molecular formula is C17H16ClN3. The number of rotatable bonds is 2. The second-order valence-electron chi connectivity index (χ2n) is 5.19. The van der Waals surface area contributed by atoms with Gasteiger partial charge in [-0.1, -0.05) is 47.5 Å². The van der Waals surface area contributed by atoms with Crippen LogP contribution in [0.4, 0.5) is 5.82 Å². The molecule has 0 saturated carbocycles. The first-order valence-electron chi connectivity index (χ1n) is 6.73. The van der Waals surface area contributed by atoms with Gasteiger partial charge in [0.05, 0.1) is 11.3 Å². The summed E-state index contributed by atoms with van der Waals surface area (Å²) >= 11 is 6.04. The fourth-order valence-corrected chi connectivity index (χ4v) is 2.78. The SMILES string of the molecule is Cc1cccc(-c2c(N)n[nH]c2-c2ccc(Cl)cc2C)c1. The van der Waals surface area contributed by atoms with Crippen LogP contribution in [0, 0.1) is 13.8 Å². The fraction of sp³-hybridized carbons (Fsp3) is 0.118. The smallest absolute Gasteiger partial charge is 0.153 e. The number of nitrogens with zero attached hydrogens (tertiary/aromatic N) is 1. The number of anilines is 1. The van der Waals surface area contributed by atoms with Crippen LogP contribution in [-0.4, -0.2) is 10.2 Å². The van der Waals surface area contributed by atoms with E-state index in [-0.39, 0.29) is 0 Å². The van der Waals surface area contributed by atoms with Crippen LogP contribution in [0.25, 0.3) is 22.4 Å². The lowest BCUT2D eigenvalue weighted by molar-refractivity contribution is 1.10. The minimum absolute atomic E-state index is 0.505. The van der Waals surface area contributed by atoms with Gasteiger partial charge in [0, 0.05) is 10.6 Å². The molecule has 21 heavy (non-hydrogen) atoms. The monoisotopic (exact) mass is 297 g/mol. The number of halogens is 1. The topological polar surface area (TPSA) is 54.7 Å². The quantitative estimate of drug-likeness (QED) is 0.726. The number of aromatic nitrogens is 2. The van der Waals surface area contributed by atoms with E-state index in [9.17, 15) is 0 Å². The summed E-state index contributed by atoms with van der Waals surface area (Å²) in [6.07, 6.45) is 0. The summed E-state index contributed by atoms with van der Waals surface area (Å²) in [5.41, 5.74) is 12.3. The third kappa shape index (κ3) is 2.52. The zero-order valence-corrected chi connectivity index (χ0v) is 12.7. The minimum Gasteiger partial charge on any atom is -0.382 e. The first-order chi connectivity index (χ1) is 10.1. The largest absolute Gasteiger partial charge is 0.382 e. The van der Waals surface area contributed by atoms with E-state index >= 15 is 0 Å². The Kier molecular flexibility index (Phi) is 3.43. The van der Waals surface area contributed by atoms with E-state index in [1.807, 2.05) is 37.3 Å². The maximum absolute atomic E-state index is 6.07. The molecule has 0 aliphatic heterocycles. The Morgan fingerprint density at radius 2 is 1.90 bits per heavy atom. The van der Waals surface area contributed by atoms with Crippen LogP contribution in [0.15, 0.2) is 42.5 Å². The summed E-state index contributed by atoms with van der Waals surface area (Å²) in [6.45, 7) is 4.09. The molecule has 106 valence electrons. The molecule has 3 rings (SSSR count).